The van der Waals surface area contributed by atoms with E-state index in [1.807, 2.05) is 12.1 Å². The SMILES string of the molecule is COc1ccc(CN[C@H]2CS(=O)(=O)C[C@@H]2S(=O)(=O)c2ccc3c(c2)CCCC3)cc1OC. The zero-order chi connectivity index (χ0) is 22.9. The molecular formula is C23H29NO6S2. The van der Waals surface area contributed by atoms with E-state index in [1.54, 1.807) is 38.5 Å². The number of hydrogen-bond donors (Lipinski definition) is 1. The molecule has 32 heavy (non-hydrogen) atoms. The summed E-state index contributed by atoms with van der Waals surface area (Å²) < 4.78 is 62.3. The first-order chi connectivity index (χ1) is 15.2. The first-order valence-corrected chi connectivity index (χ1v) is 14.1. The van der Waals surface area contributed by atoms with Crippen LogP contribution >= 0.6 is 0 Å². The Labute approximate surface area is 190 Å². The molecule has 0 aromatic heterocycles. The van der Waals surface area contributed by atoms with E-state index in [0.29, 0.717) is 18.0 Å². The lowest BCUT2D eigenvalue weighted by Gasteiger charge is -2.22. The summed E-state index contributed by atoms with van der Waals surface area (Å²) in [6, 6.07) is 9.98. The van der Waals surface area contributed by atoms with Crippen LogP contribution in [0.25, 0.3) is 0 Å². The first kappa shape index (κ1) is 23.1. The Morgan fingerprint density at radius 1 is 0.938 bits per heavy atom. The van der Waals surface area contributed by atoms with Gasteiger partial charge in [-0.25, -0.2) is 16.8 Å². The van der Waals surface area contributed by atoms with Crippen molar-refractivity contribution in [2.24, 2.45) is 0 Å². The molecule has 1 N–H and O–H groups in total. The number of aryl methyl sites for hydroxylation is 2. The van der Waals surface area contributed by atoms with Crippen LogP contribution in [0.1, 0.15) is 29.5 Å². The molecule has 0 bridgehead atoms. The van der Waals surface area contributed by atoms with Crippen LogP contribution in [0.3, 0.4) is 0 Å². The van der Waals surface area contributed by atoms with Gasteiger partial charge in [-0.2, -0.15) is 0 Å². The smallest absolute Gasteiger partial charge is 0.183 e. The van der Waals surface area contributed by atoms with E-state index in [-0.39, 0.29) is 16.4 Å². The van der Waals surface area contributed by atoms with Crippen LogP contribution in [-0.4, -0.2) is 53.9 Å². The average molecular weight is 480 g/mol. The third kappa shape index (κ3) is 4.65. The van der Waals surface area contributed by atoms with Crippen molar-refractivity contribution in [1.82, 2.24) is 5.32 Å². The highest BCUT2D eigenvalue weighted by atomic mass is 32.2. The lowest BCUT2D eigenvalue weighted by atomic mass is 9.92. The Morgan fingerprint density at radius 2 is 1.66 bits per heavy atom. The molecule has 1 aliphatic carbocycles. The van der Waals surface area contributed by atoms with E-state index >= 15 is 0 Å². The van der Waals surface area contributed by atoms with Crippen LogP contribution in [0.2, 0.25) is 0 Å². The minimum Gasteiger partial charge on any atom is -0.493 e. The molecule has 1 fully saturated rings. The van der Waals surface area contributed by atoms with Crippen molar-refractivity contribution in [3.8, 4) is 11.5 Å². The number of benzene rings is 2. The zero-order valence-electron chi connectivity index (χ0n) is 18.3. The fraction of sp³-hybridized carbons (Fsp3) is 0.478. The van der Waals surface area contributed by atoms with Crippen molar-refractivity contribution < 1.29 is 26.3 Å². The molecule has 0 unspecified atom stereocenters. The van der Waals surface area contributed by atoms with E-state index in [4.69, 9.17) is 9.47 Å². The van der Waals surface area contributed by atoms with E-state index in [1.165, 1.54) is 5.56 Å². The summed E-state index contributed by atoms with van der Waals surface area (Å²) in [7, 11) is -4.18. The van der Waals surface area contributed by atoms with Crippen LogP contribution < -0.4 is 14.8 Å². The predicted molar refractivity (Wildman–Crippen MR) is 123 cm³/mol. The van der Waals surface area contributed by atoms with Crippen LogP contribution in [0.5, 0.6) is 11.5 Å². The molecule has 4 rings (SSSR count). The van der Waals surface area contributed by atoms with Gasteiger partial charge in [0.05, 0.1) is 35.9 Å². The maximum absolute atomic E-state index is 13.5. The Morgan fingerprint density at radius 3 is 2.38 bits per heavy atom. The Kier molecular flexibility index (Phi) is 6.51. The predicted octanol–water partition coefficient (Wildman–Crippen LogP) is 2.31. The van der Waals surface area contributed by atoms with Gasteiger partial charge in [0.15, 0.2) is 31.2 Å². The number of sulfone groups is 2. The molecule has 2 aromatic carbocycles. The van der Waals surface area contributed by atoms with Crippen molar-refractivity contribution in [3.63, 3.8) is 0 Å². The maximum atomic E-state index is 13.5. The quantitative estimate of drug-likeness (QED) is 0.651. The summed E-state index contributed by atoms with van der Waals surface area (Å²) in [4.78, 5) is 0.221. The topological polar surface area (TPSA) is 98.8 Å². The minimum absolute atomic E-state index is 0.199. The number of fused-ring (bicyclic) bond motifs is 1. The standard InChI is InChI=1S/C23H29NO6S2/c1-29-21-10-7-16(11-22(21)30-2)13-24-20-14-31(25,26)15-23(20)32(27,28)19-9-8-17-5-3-4-6-18(17)12-19/h7-12,20,23-24H,3-6,13-15H2,1-2H3/t20-,23-/m0/s1. The molecule has 9 heteroatoms. The van der Waals surface area contributed by atoms with Crippen LogP contribution in [-0.2, 0) is 39.1 Å². The fourth-order valence-corrected chi connectivity index (χ4v) is 9.38. The summed E-state index contributed by atoms with van der Waals surface area (Å²) in [5, 5.41) is 2.16. The molecule has 0 spiro atoms. The van der Waals surface area contributed by atoms with Crippen molar-refractivity contribution in [2.75, 3.05) is 25.7 Å². The molecule has 1 aliphatic heterocycles. The Balaban J connectivity index is 1.57. The highest BCUT2D eigenvalue weighted by Crippen LogP contribution is 2.31. The van der Waals surface area contributed by atoms with Crippen molar-refractivity contribution >= 4 is 19.7 Å². The zero-order valence-corrected chi connectivity index (χ0v) is 20.0. The minimum atomic E-state index is -3.81. The molecule has 2 aliphatic rings. The lowest BCUT2D eigenvalue weighted by molar-refractivity contribution is 0.354. The monoisotopic (exact) mass is 479 g/mol. The average Bonchev–Trinajstić information content (AvgIpc) is 3.12. The summed E-state index contributed by atoms with van der Waals surface area (Å²) in [5.74, 6) is 0.585. The molecule has 0 radical (unpaired) electrons. The van der Waals surface area contributed by atoms with Gasteiger partial charge < -0.3 is 14.8 Å². The number of nitrogens with one attached hydrogen (secondary N) is 1. The summed E-state index contributed by atoms with van der Waals surface area (Å²) in [6.45, 7) is 0.316. The number of methoxy groups -OCH3 is 2. The Bertz CT molecular complexity index is 1210. The highest BCUT2D eigenvalue weighted by molar-refractivity contribution is 7.96. The summed E-state index contributed by atoms with van der Waals surface area (Å²) >= 11 is 0. The summed E-state index contributed by atoms with van der Waals surface area (Å²) in [6.07, 6.45) is 3.98. The van der Waals surface area contributed by atoms with E-state index in [9.17, 15) is 16.8 Å². The molecule has 2 aromatic rings. The third-order valence-corrected chi connectivity index (χ3v) is 10.5. The van der Waals surface area contributed by atoms with Gasteiger partial charge in [-0.3, -0.25) is 0 Å². The molecule has 1 saturated heterocycles. The van der Waals surface area contributed by atoms with Gasteiger partial charge in [0.1, 0.15) is 0 Å². The molecule has 1 heterocycles. The number of ether oxygens (including phenoxy) is 2. The molecule has 2 atom stereocenters. The maximum Gasteiger partial charge on any atom is 0.183 e. The molecule has 7 nitrogen and oxygen atoms in total. The van der Waals surface area contributed by atoms with Crippen molar-refractivity contribution in [2.45, 2.75) is 48.4 Å². The van der Waals surface area contributed by atoms with Crippen LogP contribution in [0, 0.1) is 0 Å². The van der Waals surface area contributed by atoms with Crippen molar-refractivity contribution in [1.29, 1.82) is 0 Å². The third-order valence-electron chi connectivity index (χ3n) is 6.36. The second-order valence-electron chi connectivity index (χ2n) is 8.47. The first-order valence-electron chi connectivity index (χ1n) is 10.7. The number of rotatable bonds is 7. The van der Waals surface area contributed by atoms with E-state index in [0.717, 1.165) is 36.8 Å². The van der Waals surface area contributed by atoms with Gasteiger partial charge in [0, 0.05) is 12.6 Å². The Hall–Kier alpha value is -2.10. The normalized spacial score (nSPS) is 22.3. The molecular weight excluding hydrogens is 450 g/mol. The van der Waals surface area contributed by atoms with E-state index in [2.05, 4.69) is 5.32 Å². The van der Waals surface area contributed by atoms with Gasteiger partial charge >= 0.3 is 0 Å². The molecule has 0 amide bonds. The van der Waals surface area contributed by atoms with Gasteiger partial charge in [0.25, 0.3) is 0 Å². The highest BCUT2D eigenvalue weighted by Gasteiger charge is 2.45. The second kappa shape index (κ2) is 9.03. The second-order valence-corrected chi connectivity index (χ2v) is 12.8. The van der Waals surface area contributed by atoms with Gasteiger partial charge in [-0.15, -0.1) is 0 Å². The van der Waals surface area contributed by atoms with Gasteiger partial charge in [-0.1, -0.05) is 12.1 Å². The van der Waals surface area contributed by atoms with Crippen LogP contribution in [0.15, 0.2) is 41.3 Å². The fourth-order valence-electron chi connectivity index (χ4n) is 4.61. The molecule has 0 saturated carbocycles. The van der Waals surface area contributed by atoms with Gasteiger partial charge in [-0.05, 0) is 66.6 Å². The largest absolute Gasteiger partial charge is 0.493 e. The lowest BCUT2D eigenvalue weighted by Crippen LogP contribution is -2.43. The van der Waals surface area contributed by atoms with E-state index < -0.39 is 31.0 Å². The van der Waals surface area contributed by atoms with Gasteiger partial charge in [0.2, 0.25) is 0 Å². The van der Waals surface area contributed by atoms with Crippen LogP contribution in [0.4, 0.5) is 0 Å². The summed E-state index contributed by atoms with van der Waals surface area (Å²) in [5.41, 5.74) is 3.10. The number of hydrogen-bond acceptors (Lipinski definition) is 7. The molecule has 174 valence electrons. The van der Waals surface area contributed by atoms with Crippen molar-refractivity contribution in [3.05, 3.63) is 53.1 Å².